The van der Waals surface area contributed by atoms with Crippen molar-refractivity contribution in [3.8, 4) is 0 Å². The van der Waals surface area contributed by atoms with Crippen molar-refractivity contribution in [3.63, 3.8) is 0 Å². The van der Waals surface area contributed by atoms with Gasteiger partial charge >= 0.3 is 0 Å². The average molecular weight is 260 g/mol. The van der Waals surface area contributed by atoms with Crippen LogP contribution in [0.15, 0.2) is 42.7 Å². The number of nitrogens with zero attached hydrogens (tertiary/aromatic N) is 2. The Morgan fingerprint density at radius 1 is 1.21 bits per heavy atom. The fraction of sp³-hybridized carbons (Fsp3) is 0.267. The third kappa shape index (κ3) is 3.09. The molecule has 100 valence electrons. The van der Waals surface area contributed by atoms with Gasteiger partial charge in [0.05, 0.1) is 6.61 Å². The summed E-state index contributed by atoms with van der Waals surface area (Å²) in [7, 11) is 0. The summed E-state index contributed by atoms with van der Waals surface area (Å²) in [5.74, 6) is -0.367. The number of aliphatic hydroxyl groups excluding tert-OH is 1. The van der Waals surface area contributed by atoms with E-state index in [1.54, 1.807) is 18.5 Å². The van der Waals surface area contributed by atoms with Gasteiger partial charge in [-0.15, -0.1) is 0 Å². The normalized spacial score (nSPS) is 10.5. The van der Waals surface area contributed by atoms with E-state index >= 15 is 0 Å². The molecule has 1 heterocycles. The third-order valence-electron chi connectivity index (χ3n) is 3.10. The molecule has 0 spiro atoms. The first-order valence-electron chi connectivity index (χ1n) is 6.28. The van der Waals surface area contributed by atoms with Crippen LogP contribution in [0.25, 0.3) is 0 Å². The zero-order chi connectivity index (χ0) is 13.7. The number of hydrogen-bond acceptors (Lipinski definition) is 3. The maximum Gasteiger partial charge on any atom is 0.130 e. The monoisotopic (exact) mass is 260 g/mol. The minimum atomic E-state index is -0.367. The fourth-order valence-corrected chi connectivity index (χ4v) is 2.08. The van der Waals surface area contributed by atoms with Crippen molar-refractivity contribution >= 4 is 5.69 Å². The number of aliphatic hydroxyl groups is 1. The van der Waals surface area contributed by atoms with Gasteiger partial charge in [-0.05, 0) is 36.8 Å². The van der Waals surface area contributed by atoms with Crippen molar-refractivity contribution in [2.75, 3.05) is 11.4 Å². The predicted molar refractivity (Wildman–Crippen MR) is 73.3 cm³/mol. The molecule has 0 amide bonds. The Hall–Kier alpha value is -1.94. The molecule has 0 unspecified atom stereocenters. The lowest BCUT2D eigenvalue weighted by Crippen LogP contribution is -2.23. The Morgan fingerprint density at radius 2 is 1.95 bits per heavy atom. The molecule has 0 aliphatic carbocycles. The molecule has 1 aromatic carbocycles. The topological polar surface area (TPSA) is 36.4 Å². The standard InChI is InChI=1S/C15H17FN2O/c1-2-18(10-12-6-8-17-9-7-12)15-5-3-4-14(16)13(15)11-19/h3-9,19H,2,10-11H2,1H3. The van der Waals surface area contributed by atoms with Crippen LogP contribution in [0.3, 0.4) is 0 Å². The Labute approximate surface area is 112 Å². The first kappa shape index (κ1) is 13.5. The molecule has 0 bridgehead atoms. The number of anilines is 1. The van der Waals surface area contributed by atoms with Crippen LogP contribution >= 0.6 is 0 Å². The number of pyridine rings is 1. The molecule has 1 N–H and O–H groups in total. The summed E-state index contributed by atoms with van der Waals surface area (Å²) < 4.78 is 13.7. The first-order valence-corrected chi connectivity index (χ1v) is 6.28. The summed E-state index contributed by atoms with van der Waals surface area (Å²) in [5, 5.41) is 9.33. The van der Waals surface area contributed by atoms with Gasteiger partial charge in [0, 0.05) is 36.7 Å². The molecule has 0 radical (unpaired) electrons. The minimum absolute atomic E-state index is 0.297. The molecule has 0 atom stereocenters. The summed E-state index contributed by atoms with van der Waals surface area (Å²) in [6.07, 6.45) is 3.48. The van der Waals surface area contributed by atoms with Crippen LogP contribution in [0.2, 0.25) is 0 Å². The number of benzene rings is 1. The second-order valence-corrected chi connectivity index (χ2v) is 4.27. The van der Waals surface area contributed by atoms with Crippen molar-refractivity contribution in [3.05, 3.63) is 59.7 Å². The minimum Gasteiger partial charge on any atom is -0.391 e. The highest BCUT2D eigenvalue weighted by atomic mass is 19.1. The summed E-state index contributed by atoms with van der Waals surface area (Å²) in [6.45, 7) is 3.11. The lowest BCUT2D eigenvalue weighted by molar-refractivity contribution is 0.276. The molecule has 4 heteroatoms. The van der Waals surface area contributed by atoms with Gasteiger partial charge in [0.15, 0.2) is 0 Å². The lowest BCUT2D eigenvalue weighted by atomic mass is 10.1. The zero-order valence-electron chi connectivity index (χ0n) is 10.9. The highest BCUT2D eigenvalue weighted by molar-refractivity contribution is 5.54. The van der Waals surface area contributed by atoms with Gasteiger partial charge in [-0.25, -0.2) is 4.39 Å². The van der Waals surface area contributed by atoms with E-state index in [0.717, 1.165) is 17.8 Å². The van der Waals surface area contributed by atoms with Gasteiger partial charge in [-0.1, -0.05) is 6.07 Å². The Balaban J connectivity index is 2.30. The Kier molecular flexibility index (Phi) is 4.47. The summed E-state index contributed by atoms with van der Waals surface area (Å²) in [4.78, 5) is 6.01. The van der Waals surface area contributed by atoms with Crippen LogP contribution in [-0.2, 0) is 13.2 Å². The van der Waals surface area contributed by atoms with E-state index in [2.05, 4.69) is 4.98 Å². The van der Waals surface area contributed by atoms with E-state index in [0.29, 0.717) is 12.1 Å². The van der Waals surface area contributed by atoms with Crippen molar-refractivity contribution in [1.82, 2.24) is 4.98 Å². The molecular weight excluding hydrogens is 243 g/mol. The van der Waals surface area contributed by atoms with Gasteiger partial charge in [0.25, 0.3) is 0 Å². The van der Waals surface area contributed by atoms with Crippen molar-refractivity contribution < 1.29 is 9.50 Å². The average Bonchev–Trinajstić information content (AvgIpc) is 2.45. The number of hydrogen-bond donors (Lipinski definition) is 1. The van der Waals surface area contributed by atoms with Crippen molar-refractivity contribution in [2.24, 2.45) is 0 Å². The van der Waals surface area contributed by atoms with Crippen LogP contribution in [-0.4, -0.2) is 16.6 Å². The van der Waals surface area contributed by atoms with Crippen molar-refractivity contribution in [1.29, 1.82) is 0 Å². The van der Waals surface area contributed by atoms with Crippen LogP contribution in [0.1, 0.15) is 18.1 Å². The number of halogens is 1. The molecular formula is C15H17FN2O. The van der Waals surface area contributed by atoms with Crippen molar-refractivity contribution in [2.45, 2.75) is 20.1 Å². The fourth-order valence-electron chi connectivity index (χ4n) is 2.08. The maximum atomic E-state index is 13.7. The summed E-state index contributed by atoms with van der Waals surface area (Å²) in [5.41, 5.74) is 2.19. The van der Waals surface area contributed by atoms with Gasteiger partial charge in [-0.2, -0.15) is 0 Å². The quantitative estimate of drug-likeness (QED) is 0.898. The van der Waals surface area contributed by atoms with Crippen LogP contribution < -0.4 is 4.90 Å². The third-order valence-corrected chi connectivity index (χ3v) is 3.10. The second-order valence-electron chi connectivity index (χ2n) is 4.27. The molecule has 0 saturated carbocycles. The molecule has 2 aromatic rings. The molecule has 2 rings (SSSR count). The van der Waals surface area contributed by atoms with E-state index < -0.39 is 0 Å². The SMILES string of the molecule is CCN(Cc1ccncc1)c1cccc(F)c1CO. The molecule has 0 aliphatic heterocycles. The van der Waals surface area contributed by atoms with E-state index in [-0.39, 0.29) is 12.4 Å². The zero-order valence-corrected chi connectivity index (χ0v) is 10.9. The van der Waals surface area contributed by atoms with E-state index in [4.69, 9.17) is 0 Å². The van der Waals surface area contributed by atoms with Gasteiger partial charge in [0.1, 0.15) is 5.82 Å². The van der Waals surface area contributed by atoms with Crippen LogP contribution in [0.5, 0.6) is 0 Å². The van der Waals surface area contributed by atoms with Gasteiger partial charge < -0.3 is 10.0 Å². The van der Waals surface area contributed by atoms with E-state index in [1.165, 1.54) is 6.07 Å². The maximum absolute atomic E-state index is 13.7. The highest BCUT2D eigenvalue weighted by Crippen LogP contribution is 2.24. The summed E-state index contributed by atoms with van der Waals surface area (Å²) in [6, 6.07) is 8.73. The number of aromatic nitrogens is 1. The molecule has 1 aromatic heterocycles. The summed E-state index contributed by atoms with van der Waals surface area (Å²) >= 11 is 0. The molecule has 19 heavy (non-hydrogen) atoms. The smallest absolute Gasteiger partial charge is 0.130 e. The lowest BCUT2D eigenvalue weighted by Gasteiger charge is -2.25. The number of rotatable bonds is 5. The van der Waals surface area contributed by atoms with Crippen LogP contribution in [0, 0.1) is 5.82 Å². The second kappa shape index (κ2) is 6.29. The predicted octanol–water partition coefficient (Wildman–Crippen LogP) is 2.74. The van der Waals surface area contributed by atoms with Gasteiger partial charge in [-0.3, -0.25) is 4.98 Å². The Morgan fingerprint density at radius 3 is 2.58 bits per heavy atom. The van der Waals surface area contributed by atoms with E-state index in [1.807, 2.05) is 30.0 Å². The largest absolute Gasteiger partial charge is 0.391 e. The van der Waals surface area contributed by atoms with Crippen LogP contribution in [0.4, 0.5) is 10.1 Å². The molecule has 3 nitrogen and oxygen atoms in total. The molecule has 0 fully saturated rings. The Bertz CT molecular complexity index is 531. The molecule has 0 saturated heterocycles. The first-order chi connectivity index (χ1) is 9.26. The van der Waals surface area contributed by atoms with Gasteiger partial charge in [0.2, 0.25) is 0 Å². The van der Waals surface area contributed by atoms with E-state index in [9.17, 15) is 9.50 Å². The highest BCUT2D eigenvalue weighted by Gasteiger charge is 2.13. The molecule has 0 aliphatic rings.